The minimum Gasteiger partial charge on any atom is -0.458 e. The Kier molecular flexibility index (Phi) is 12.3. The molecular formula is C28H38F3N3O6S2. The van der Waals surface area contributed by atoms with E-state index in [1.165, 1.54) is 23.5 Å². The van der Waals surface area contributed by atoms with Crippen molar-refractivity contribution in [2.75, 3.05) is 16.8 Å². The average molecular weight is 634 g/mol. The topological polar surface area (TPSA) is 127 Å². The van der Waals surface area contributed by atoms with Crippen LogP contribution in [-0.2, 0) is 31.1 Å². The van der Waals surface area contributed by atoms with Gasteiger partial charge in [0.2, 0.25) is 5.91 Å². The number of thiazole rings is 1. The molecule has 1 aromatic carbocycles. The standard InChI is InChI=1S/C28H38F3N3O6S2/c1-25(2,3)39-23(36)20(34-24(37)40-26(4,5)6)11-14-41-15-12-27(38,28(29,30)31)18-7-9-19(10-8-18)33-21(35)17-22-32-13-16-42-22/h7-10,13,16,20,38H,11-12,14-15,17H2,1-6H3,(H,33,35)(H,34,37)/t20-,27?/m0/s1. The van der Waals surface area contributed by atoms with Crippen LogP contribution in [0.25, 0.3) is 0 Å². The summed E-state index contributed by atoms with van der Waals surface area (Å²) in [7, 11) is 0. The Morgan fingerprint density at radius 2 is 1.62 bits per heavy atom. The molecule has 234 valence electrons. The van der Waals surface area contributed by atoms with Crippen molar-refractivity contribution in [2.24, 2.45) is 0 Å². The summed E-state index contributed by atoms with van der Waals surface area (Å²) in [6.07, 6.45) is -4.78. The highest BCUT2D eigenvalue weighted by molar-refractivity contribution is 7.99. The zero-order chi connectivity index (χ0) is 31.8. The Hall–Kier alpha value is -2.84. The van der Waals surface area contributed by atoms with Crippen molar-refractivity contribution in [3.8, 4) is 0 Å². The van der Waals surface area contributed by atoms with Gasteiger partial charge in [-0.15, -0.1) is 11.3 Å². The molecule has 0 radical (unpaired) electrons. The van der Waals surface area contributed by atoms with Crippen molar-refractivity contribution < 1.29 is 42.1 Å². The summed E-state index contributed by atoms with van der Waals surface area (Å²) in [5, 5.41) is 18.1. The van der Waals surface area contributed by atoms with Crippen LogP contribution in [0, 0.1) is 0 Å². The number of rotatable bonds is 12. The predicted octanol–water partition coefficient (Wildman–Crippen LogP) is 5.82. The molecule has 0 aliphatic rings. The zero-order valence-corrected chi connectivity index (χ0v) is 26.1. The van der Waals surface area contributed by atoms with E-state index >= 15 is 0 Å². The number of carbonyl (C=O) groups is 3. The molecular weight excluding hydrogens is 595 g/mol. The number of aromatic nitrogens is 1. The van der Waals surface area contributed by atoms with Crippen LogP contribution in [0.5, 0.6) is 0 Å². The zero-order valence-electron chi connectivity index (χ0n) is 24.5. The molecule has 0 saturated carbocycles. The molecule has 0 aliphatic carbocycles. The summed E-state index contributed by atoms with van der Waals surface area (Å²) in [5.41, 5.74) is -4.84. The van der Waals surface area contributed by atoms with Gasteiger partial charge in [0.05, 0.1) is 6.42 Å². The highest BCUT2D eigenvalue weighted by Crippen LogP contribution is 2.42. The number of hydrogen-bond acceptors (Lipinski definition) is 9. The van der Waals surface area contributed by atoms with Gasteiger partial charge in [0.15, 0.2) is 5.60 Å². The number of alkyl halides is 3. The number of thioether (sulfide) groups is 1. The molecule has 0 aliphatic heterocycles. The van der Waals surface area contributed by atoms with Crippen LogP contribution in [-0.4, -0.2) is 63.0 Å². The van der Waals surface area contributed by atoms with Crippen LogP contribution in [0.4, 0.5) is 23.7 Å². The normalized spacial score (nSPS) is 14.4. The van der Waals surface area contributed by atoms with Gasteiger partial charge in [-0.25, -0.2) is 14.6 Å². The van der Waals surface area contributed by atoms with Crippen LogP contribution in [0.2, 0.25) is 0 Å². The molecule has 0 saturated heterocycles. The molecule has 2 atom stereocenters. The summed E-state index contributed by atoms with van der Waals surface area (Å²) in [4.78, 5) is 41.1. The van der Waals surface area contributed by atoms with Crippen molar-refractivity contribution in [3.05, 3.63) is 46.4 Å². The fourth-order valence-corrected chi connectivity index (χ4v) is 5.22. The molecule has 1 unspecified atom stereocenters. The highest BCUT2D eigenvalue weighted by Gasteiger charge is 2.54. The molecule has 1 aromatic heterocycles. The first-order valence-electron chi connectivity index (χ1n) is 13.2. The fourth-order valence-electron chi connectivity index (χ4n) is 3.56. The summed E-state index contributed by atoms with van der Waals surface area (Å²) < 4.78 is 52.7. The molecule has 0 spiro atoms. The predicted molar refractivity (Wildman–Crippen MR) is 156 cm³/mol. The van der Waals surface area contributed by atoms with Crippen molar-refractivity contribution in [3.63, 3.8) is 0 Å². The fraction of sp³-hybridized carbons (Fsp3) is 0.571. The van der Waals surface area contributed by atoms with Crippen LogP contribution in [0.1, 0.15) is 65.0 Å². The first-order valence-corrected chi connectivity index (χ1v) is 15.2. The van der Waals surface area contributed by atoms with Crippen molar-refractivity contribution in [2.45, 2.75) is 89.8 Å². The van der Waals surface area contributed by atoms with Gasteiger partial charge in [0.25, 0.3) is 0 Å². The van der Waals surface area contributed by atoms with Crippen LogP contribution in [0.15, 0.2) is 35.8 Å². The van der Waals surface area contributed by atoms with E-state index in [4.69, 9.17) is 9.47 Å². The van der Waals surface area contributed by atoms with Crippen molar-refractivity contribution in [1.82, 2.24) is 10.3 Å². The minimum atomic E-state index is -4.97. The molecule has 42 heavy (non-hydrogen) atoms. The number of nitrogens with one attached hydrogen (secondary N) is 2. The van der Waals surface area contributed by atoms with Gasteiger partial charge >= 0.3 is 18.2 Å². The second kappa shape index (κ2) is 14.6. The average Bonchev–Trinajstić information content (AvgIpc) is 3.33. The molecule has 9 nitrogen and oxygen atoms in total. The van der Waals surface area contributed by atoms with Gasteiger partial charge in [0, 0.05) is 17.3 Å². The Morgan fingerprint density at radius 3 is 2.14 bits per heavy atom. The van der Waals surface area contributed by atoms with Gasteiger partial charge in [0.1, 0.15) is 22.3 Å². The second-order valence-corrected chi connectivity index (χ2v) is 13.7. The summed E-state index contributed by atoms with van der Waals surface area (Å²) in [6, 6.07) is 3.77. The maximum atomic E-state index is 14.0. The van der Waals surface area contributed by atoms with Crippen molar-refractivity contribution in [1.29, 1.82) is 0 Å². The van der Waals surface area contributed by atoms with Gasteiger partial charge in [-0.3, -0.25) is 4.79 Å². The number of benzene rings is 1. The Bertz CT molecular complexity index is 1180. The van der Waals surface area contributed by atoms with Gasteiger partial charge in [-0.05, 0) is 83.6 Å². The third-order valence-corrected chi connectivity index (χ3v) is 7.25. The summed E-state index contributed by atoms with van der Waals surface area (Å²) in [6.45, 7) is 10.0. The molecule has 3 N–H and O–H groups in total. The molecule has 2 rings (SSSR count). The van der Waals surface area contributed by atoms with Crippen LogP contribution >= 0.6 is 23.1 Å². The molecule has 0 bridgehead atoms. The number of ether oxygens (including phenoxy) is 2. The maximum Gasteiger partial charge on any atom is 0.421 e. The number of aliphatic hydroxyl groups is 1. The van der Waals surface area contributed by atoms with Crippen LogP contribution in [0.3, 0.4) is 0 Å². The number of amides is 2. The van der Waals surface area contributed by atoms with Gasteiger partial charge in [-0.1, -0.05) is 12.1 Å². The van der Waals surface area contributed by atoms with E-state index < -0.39 is 47.5 Å². The van der Waals surface area contributed by atoms with E-state index in [1.807, 2.05) is 0 Å². The SMILES string of the molecule is CC(C)(C)OC(=O)N[C@@H](CCSCCC(O)(c1ccc(NC(=O)Cc2nccs2)cc1)C(F)(F)F)C(=O)OC(C)(C)C. The first kappa shape index (κ1) is 35.4. The van der Waals surface area contributed by atoms with E-state index in [1.54, 1.807) is 53.1 Å². The number of alkyl carbamates (subject to hydrolysis) is 1. The van der Waals surface area contributed by atoms with E-state index in [0.717, 1.165) is 23.9 Å². The minimum absolute atomic E-state index is 0.0329. The Labute approximate surface area is 252 Å². The number of carbonyl (C=O) groups excluding carboxylic acids is 3. The summed E-state index contributed by atoms with van der Waals surface area (Å²) >= 11 is 2.40. The Morgan fingerprint density at radius 1 is 1.00 bits per heavy atom. The third-order valence-electron chi connectivity index (χ3n) is 5.45. The van der Waals surface area contributed by atoms with Crippen molar-refractivity contribution >= 4 is 46.8 Å². The number of nitrogens with zero attached hydrogens (tertiary/aromatic N) is 1. The smallest absolute Gasteiger partial charge is 0.421 e. The highest BCUT2D eigenvalue weighted by atomic mass is 32.2. The Balaban J connectivity index is 2.00. The van der Waals surface area contributed by atoms with E-state index in [9.17, 15) is 32.7 Å². The number of anilines is 1. The number of esters is 1. The molecule has 0 fully saturated rings. The monoisotopic (exact) mass is 633 g/mol. The van der Waals surface area contributed by atoms with E-state index in [0.29, 0.717) is 5.01 Å². The molecule has 2 amide bonds. The lowest BCUT2D eigenvalue weighted by molar-refractivity contribution is -0.267. The largest absolute Gasteiger partial charge is 0.458 e. The van der Waals surface area contributed by atoms with E-state index in [2.05, 4.69) is 15.6 Å². The first-order chi connectivity index (χ1) is 19.3. The second-order valence-electron chi connectivity index (χ2n) is 11.5. The number of hydrogen-bond donors (Lipinski definition) is 3. The summed E-state index contributed by atoms with van der Waals surface area (Å²) in [5.74, 6) is -0.973. The third kappa shape index (κ3) is 11.8. The van der Waals surface area contributed by atoms with Gasteiger partial charge < -0.3 is 25.2 Å². The lowest BCUT2D eigenvalue weighted by Gasteiger charge is -2.31. The number of halogens is 3. The van der Waals surface area contributed by atoms with E-state index in [-0.39, 0.29) is 41.5 Å². The van der Waals surface area contributed by atoms with Crippen LogP contribution < -0.4 is 10.6 Å². The molecule has 1 heterocycles. The van der Waals surface area contributed by atoms with Gasteiger partial charge in [-0.2, -0.15) is 24.9 Å². The molecule has 2 aromatic rings. The lowest BCUT2D eigenvalue weighted by Crippen LogP contribution is -2.46. The maximum absolute atomic E-state index is 14.0. The lowest BCUT2D eigenvalue weighted by atomic mass is 9.90. The quantitative estimate of drug-likeness (QED) is 0.197. The molecule has 14 heteroatoms.